The van der Waals surface area contributed by atoms with Crippen molar-refractivity contribution in [2.45, 2.75) is 13.8 Å². The first-order chi connectivity index (χ1) is 9.11. The molecule has 1 N–H and O–H groups in total. The maximum absolute atomic E-state index is 5.12. The molecule has 0 aliphatic rings. The van der Waals surface area contributed by atoms with Gasteiger partial charge in [-0.1, -0.05) is 12.1 Å². The minimum atomic E-state index is 0.511. The van der Waals surface area contributed by atoms with Crippen molar-refractivity contribution < 1.29 is 0 Å². The predicted molar refractivity (Wildman–Crippen MR) is 79.6 cm³/mol. The van der Waals surface area contributed by atoms with Crippen LogP contribution in [0.2, 0.25) is 0 Å². The molecule has 0 atom stereocenters. The Bertz CT molecular complexity index is 821. The molecule has 2 heterocycles. The van der Waals surface area contributed by atoms with Crippen LogP contribution in [0.3, 0.4) is 0 Å². The van der Waals surface area contributed by atoms with Gasteiger partial charge in [-0.2, -0.15) is 0 Å². The SMILES string of the molecule is Cc1ccc2cc(-c3cc(C)[nH]c(=S)n3)ccc2n1. The number of fused-ring (bicyclic) bond motifs is 1. The van der Waals surface area contributed by atoms with E-state index in [1.54, 1.807) is 0 Å². The van der Waals surface area contributed by atoms with Crippen LogP contribution in [0.25, 0.3) is 22.2 Å². The number of H-pyrrole nitrogens is 1. The highest BCUT2D eigenvalue weighted by Crippen LogP contribution is 2.22. The van der Waals surface area contributed by atoms with Crippen molar-refractivity contribution in [1.82, 2.24) is 15.0 Å². The van der Waals surface area contributed by atoms with E-state index in [9.17, 15) is 0 Å². The largest absolute Gasteiger partial charge is 0.335 e. The third kappa shape index (κ3) is 2.39. The average Bonchev–Trinajstić information content (AvgIpc) is 2.37. The van der Waals surface area contributed by atoms with Crippen molar-refractivity contribution in [2.24, 2.45) is 0 Å². The molecule has 1 aromatic carbocycles. The molecule has 0 saturated carbocycles. The molecular formula is C15H13N3S. The molecule has 0 spiro atoms. The highest BCUT2D eigenvalue weighted by molar-refractivity contribution is 7.71. The number of benzene rings is 1. The lowest BCUT2D eigenvalue weighted by atomic mass is 10.1. The molecule has 0 aliphatic heterocycles. The summed E-state index contributed by atoms with van der Waals surface area (Å²) in [4.78, 5) is 11.9. The Morgan fingerprint density at radius 3 is 2.63 bits per heavy atom. The lowest BCUT2D eigenvalue weighted by Gasteiger charge is -2.05. The molecule has 3 nitrogen and oxygen atoms in total. The molecule has 3 rings (SSSR count). The molecule has 3 aromatic rings. The Morgan fingerprint density at radius 2 is 1.84 bits per heavy atom. The van der Waals surface area contributed by atoms with E-state index in [1.807, 2.05) is 38.1 Å². The van der Waals surface area contributed by atoms with E-state index in [-0.39, 0.29) is 0 Å². The van der Waals surface area contributed by atoms with Gasteiger partial charge < -0.3 is 4.98 Å². The van der Waals surface area contributed by atoms with Crippen LogP contribution >= 0.6 is 12.2 Å². The fourth-order valence-electron chi connectivity index (χ4n) is 2.11. The number of aromatic amines is 1. The minimum absolute atomic E-state index is 0.511. The van der Waals surface area contributed by atoms with Crippen molar-refractivity contribution in [1.29, 1.82) is 0 Å². The third-order valence-corrected chi connectivity index (χ3v) is 3.20. The van der Waals surface area contributed by atoms with E-state index >= 15 is 0 Å². The summed E-state index contributed by atoms with van der Waals surface area (Å²) in [6.45, 7) is 3.97. The summed E-state index contributed by atoms with van der Waals surface area (Å²) in [5, 5.41) is 1.11. The van der Waals surface area contributed by atoms with E-state index < -0.39 is 0 Å². The lowest BCUT2D eigenvalue weighted by Crippen LogP contribution is -1.91. The van der Waals surface area contributed by atoms with E-state index in [4.69, 9.17) is 12.2 Å². The molecule has 4 heteroatoms. The molecule has 19 heavy (non-hydrogen) atoms. The summed E-state index contributed by atoms with van der Waals surface area (Å²) in [6.07, 6.45) is 0. The second kappa shape index (κ2) is 4.55. The molecule has 2 aromatic heterocycles. The van der Waals surface area contributed by atoms with Gasteiger partial charge in [0.25, 0.3) is 0 Å². The first-order valence-corrected chi connectivity index (χ1v) is 6.48. The summed E-state index contributed by atoms with van der Waals surface area (Å²) in [6, 6.07) is 12.2. The van der Waals surface area contributed by atoms with Crippen molar-refractivity contribution in [3.63, 3.8) is 0 Å². The molecule has 0 radical (unpaired) electrons. The topological polar surface area (TPSA) is 41.6 Å². The second-order valence-electron chi connectivity index (χ2n) is 4.61. The van der Waals surface area contributed by atoms with Gasteiger partial charge in [-0.05, 0) is 50.3 Å². The Hall–Kier alpha value is -2.07. The van der Waals surface area contributed by atoms with Gasteiger partial charge in [-0.3, -0.25) is 4.98 Å². The van der Waals surface area contributed by atoms with Gasteiger partial charge in [0.1, 0.15) is 0 Å². The molecule has 94 valence electrons. The number of nitrogens with zero attached hydrogens (tertiary/aromatic N) is 2. The van der Waals surface area contributed by atoms with E-state index in [0.717, 1.165) is 33.5 Å². The summed E-state index contributed by atoms with van der Waals surface area (Å²) in [5.41, 5.74) is 4.99. The van der Waals surface area contributed by atoms with Gasteiger partial charge in [0.15, 0.2) is 4.77 Å². The maximum Gasteiger partial charge on any atom is 0.197 e. The quantitative estimate of drug-likeness (QED) is 0.678. The van der Waals surface area contributed by atoms with Gasteiger partial charge in [0, 0.05) is 22.3 Å². The van der Waals surface area contributed by atoms with E-state index in [0.29, 0.717) is 4.77 Å². The average molecular weight is 267 g/mol. The number of hydrogen-bond acceptors (Lipinski definition) is 3. The van der Waals surface area contributed by atoms with E-state index in [1.165, 1.54) is 0 Å². The van der Waals surface area contributed by atoms with Crippen molar-refractivity contribution in [2.75, 3.05) is 0 Å². The second-order valence-corrected chi connectivity index (χ2v) is 5.00. The van der Waals surface area contributed by atoms with Gasteiger partial charge >= 0.3 is 0 Å². The number of rotatable bonds is 1. The fraction of sp³-hybridized carbons (Fsp3) is 0.133. The van der Waals surface area contributed by atoms with Crippen LogP contribution in [0.5, 0.6) is 0 Å². The Morgan fingerprint density at radius 1 is 1.00 bits per heavy atom. The zero-order valence-electron chi connectivity index (χ0n) is 10.8. The summed E-state index contributed by atoms with van der Waals surface area (Å²) < 4.78 is 0.511. The Balaban J connectivity index is 2.20. The van der Waals surface area contributed by atoms with Gasteiger partial charge in [0.05, 0.1) is 11.2 Å². The highest BCUT2D eigenvalue weighted by atomic mass is 32.1. The molecule has 0 saturated heterocycles. The van der Waals surface area contributed by atoms with E-state index in [2.05, 4.69) is 27.1 Å². The highest BCUT2D eigenvalue weighted by Gasteiger charge is 2.03. The van der Waals surface area contributed by atoms with Crippen LogP contribution in [-0.4, -0.2) is 15.0 Å². The standard InChI is InChI=1S/C15H13N3S/c1-9-3-4-11-8-12(5-6-13(11)16-9)14-7-10(2)17-15(19)18-14/h3-8H,1-2H3,(H,17,18,19). The van der Waals surface area contributed by atoms with Crippen LogP contribution in [0, 0.1) is 18.6 Å². The molecule has 0 bridgehead atoms. The molecule has 0 amide bonds. The predicted octanol–water partition coefficient (Wildman–Crippen LogP) is 3.97. The smallest absolute Gasteiger partial charge is 0.197 e. The molecule has 0 unspecified atom stereocenters. The van der Waals surface area contributed by atoms with Gasteiger partial charge in [0.2, 0.25) is 0 Å². The summed E-state index contributed by atoms with van der Waals surface area (Å²) in [5.74, 6) is 0. The van der Waals surface area contributed by atoms with Crippen LogP contribution in [0.1, 0.15) is 11.4 Å². The van der Waals surface area contributed by atoms with Crippen LogP contribution in [-0.2, 0) is 0 Å². The number of aromatic nitrogens is 3. The molecular weight excluding hydrogens is 254 g/mol. The zero-order chi connectivity index (χ0) is 13.4. The normalized spacial score (nSPS) is 10.8. The Labute approximate surface area is 116 Å². The minimum Gasteiger partial charge on any atom is -0.335 e. The summed E-state index contributed by atoms with van der Waals surface area (Å²) in [7, 11) is 0. The first kappa shape index (κ1) is 12.0. The fourth-order valence-corrected chi connectivity index (χ4v) is 2.37. The van der Waals surface area contributed by atoms with Crippen LogP contribution in [0.15, 0.2) is 36.4 Å². The number of nitrogens with one attached hydrogen (secondary N) is 1. The lowest BCUT2D eigenvalue weighted by molar-refractivity contribution is 1.08. The Kier molecular flexibility index (Phi) is 2.87. The van der Waals surface area contributed by atoms with Gasteiger partial charge in [-0.25, -0.2) is 4.98 Å². The third-order valence-electron chi connectivity index (χ3n) is 3.00. The van der Waals surface area contributed by atoms with Crippen molar-refractivity contribution in [3.05, 3.63) is 52.6 Å². The van der Waals surface area contributed by atoms with Crippen LogP contribution in [0.4, 0.5) is 0 Å². The molecule has 0 fully saturated rings. The monoisotopic (exact) mass is 267 g/mol. The van der Waals surface area contributed by atoms with Crippen molar-refractivity contribution >= 4 is 23.1 Å². The van der Waals surface area contributed by atoms with Crippen molar-refractivity contribution in [3.8, 4) is 11.3 Å². The maximum atomic E-state index is 5.12. The number of aryl methyl sites for hydroxylation is 2. The summed E-state index contributed by atoms with van der Waals surface area (Å²) >= 11 is 5.12. The molecule has 0 aliphatic carbocycles. The van der Waals surface area contributed by atoms with Crippen LogP contribution < -0.4 is 0 Å². The number of hydrogen-bond donors (Lipinski definition) is 1. The number of pyridine rings is 1. The zero-order valence-corrected chi connectivity index (χ0v) is 11.6. The first-order valence-electron chi connectivity index (χ1n) is 6.07. The van der Waals surface area contributed by atoms with Gasteiger partial charge in [-0.15, -0.1) is 0 Å².